The summed E-state index contributed by atoms with van der Waals surface area (Å²) in [5.74, 6) is -0.281. The summed E-state index contributed by atoms with van der Waals surface area (Å²) in [6.07, 6.45) is 13.5. The van der Waals surface area contributed by atoms with Crippen molar-refractivity contribution < 1.29 is 51.3 Å². The Bertz CT molecular complexity index is 1350. The van der Waals surface area contributed by atoms with Gasteiger partial charge in [-0.3, -0.25) is 0 Å². The third-order valence-electron chi connectivity index (χ3n) is 7.83. The minimum Gasteiger partial charge on any atom is -1.00 e. The minimum atomic E-state index is -0.327. The molecular weight excluding hydrogens is 633 g/mol. The van der Waals surface area contributed by atoms with E-state index in [1.165, 1.54) is 76.9 Å². The average Bonchev–Trinajstić information content (AvgIpc) is 3.38. The fraction of sp³-hybridized carbons (Fsp3) is 0.316. The molecule has 2 radical (unpaired) electrons. The second-order valence-electron chi connectivity index (χ2n) is 11.0. The maximum Gasteiger partial charge on any atom is 4.00 e. The van der Waals surface area contributed by atoms with E-state index in [0.717, 1.165) is 35.2 Å². The third kappa shape index (κ3) is 13.8. The van der Waals surface area contributed by atoms with E-state index < -0.39 is 0 Å². The zero-order valence-electron chi connectivity index (χ0n) is 25.5. The molecule has 44 heavy (non-hydrogen) atoms. The Hall–Kier alpha value is -2.27. The fourth-order valence-corrected chi connectivity index (χ4v) is 6.59. The van der Waals surface area contributed by atoms with Gasteiger partial charge in [0.1, 0.15) is 9.52 Å². The van der Waals surface area contributed by atoms with Crippen LogP contribution in [0.4, 0.5) is 0 Å². The van der Waals surface area contributed by atoms with Crippen molar-refractivity contribution in [2.75, 3.05) is 0 Å². The molecule has 1 aliphatic rings. The number of rotatable bonds is 3. The van der Waals surface area contributed by atoms with Gasteiger partial charge in [-0.05, 0) is 12.8 Å². The molecule has 0 aliphatic heterocycles. The largest absolute Gasteiger partial charge is 4.00 e. The SMILES string of the molecule is [Cl-].[Cl-].[NH-]C(=O)C1CCCCCCCCCCC1.[Ti+4].c1ccc([Si]c2ccccc2)cc1.c1ccc2c(c1)[cH-]c1ccccc12. The summed E-state index contributed by atoms with van der Waals surface area (Å²) in [5, 5.41) is 8.19. The van der Waals surface area contributed by atoms with E-state index >= 15 is 0 Å². The van der Waals surface area contributed by atoms with Crippen LogP contribution in [0.15, 0.2) is 115 Å². The van der Waals surface area contributed by atoms with Gasteiger partial charge in [-0.2, -0.15) is 0 Å². The van der Waals surface area contributed by atoms with Gasteiger partial charge >= 0.3 is 21.7 Å². The smallest absolute Gasteiger partial charge is 1.00 e. The van der Waals surface area contributed by atoms with Gasteiger partial charge in [-0.1, -0.05) is 165 Å². The number of carbonyl (C=O) groups excluding carboxylic acids is 1. The molecule has 1 N–H and O–H groups in total. The van der Waals surface area contributed by atoms with Gasteiger partial charge in [-0.15, -0.1) is 39.7 Å². The predicted octanol–water partition coefficient (Wildman–Crippen LogP) is 3.55. The molecule has 1 saturated carbocycles. The molecule has 228 valence electrons. The maximum absolute atomic E-state index is 11.1. The first-order chi connectivity index (χ1) is 20.2. The second kappa shape index (κ2) is 23.1. The molecule has 0 spiro atoms. The van der Waals surface area contributed by atoms with Crippen LogP contribution in [0, 0.1) is 5.92 Å². The molecule has 1 fully saturated rings. The van der Waals surface area contributed by atoms with Gasteiger partial charge in [0.15, 0.2) is 0 Å². The van der Waals surface area contributed by atoms with Crippen LogP contribution in [0.1, 0.15) is 70.6 Å². The van der Waals surface area contributed by atoms with Crippen molar-refractivity contribution in [3.8, 4) is 0 Å². The van der Waals surface area contributed by atoms with E-state index in [9.17, 15) is 4.79 Å². The van der Waals surface area contributed by atoms with Gasteiger partial charge in [0.05, 0.1) is 5.91 Å². The molecule has 0 aromatic heterocycles. The number of benzene rings is 4. The van der Waals surface area contributed by atoms with Gasteiger partial charge in [0.25, 0.3) is 0 Å². The van der Waals surface area contributed by atoms with Crippen molar-refractivity contribution in [2.24, 2.45) is 5.92 Å². The Morgan fingerprint density at radius 1 is 0.545 bits per heavy atom. The van der Waals surface area contributed by atoms with Crippen LogP contribution in [0.3, 0.4) is 0 Å². The van der Waals surface area contributed by atoms with Crippen LogP contribution in [-0.4, -0.2) is 15.4 Å². The van der Waals surface area contributed by atoms with Crippen LogP contribution in [0.25, 0.3) is 27.3 Å². The van der Waals surface area contributed by atoms with Gasteiger partial charge in [0, 0.05) is 5.92 Å². The number of hydrogen-bond acceptors (Lipinski definition) is 1. The number of hydrogen-bond donors (Lipinski definition) is 0. The van der Waals surface area contributed by atoms with Gasteiger partial charge < -0.3 is 35.3 Å². The quantitative estimate of drug-likeness (QED) is 0.213. The van der Waals surface area contributed by atoms with Crippen LogP contribution < -0.4 is 35.2 Å². The summed E-state index contributed by atoms with van der Waals surface area (Å²) in [6.45, 7) is 0. The van der Waals surface area contributed by atoms with Crippen molar-refractivity contribution in [1.82, 2.24) is 0 Å². The fourth-order valence-electron chi connectivity index (χ4n) is 5.54. The molecule has 5 aromatic carbocycles. The van der Waals surface area contributed by atoms with Crippen LogP contribution in [0.5, 0.6) is 0 Å². The predicted molar refractivity (Wildman–Crippen MR) is 179 cm³/mol. The summed E-state index contributed by atoms with van der Waals surface area (Å²) in [5.41, 5.74) is 7.23. The summed E-state index contributed by atoms with van der Waals surface area (Å²) in [4.78, 5) is 11.1. The van der Waals surface area contributed by atoms with Crippen molar-refractivity contribution in [1.29, 1.82) is 0 Å². The molecule has 0 bridgehead atoms. The minimum absolute atomic E-state index is 0. The first-order valence-electron chi connectivity index (χ1n) is 15.4. The van der Waals surface area contributed by atoms with E-state index in [4.69, 9.17) is 5.73 Å². The van der Waals surface area contributed by atoms with E-state index in [1.54, 1.807) is 0 Å². The molecule has 5 aromatic rings. The van der Waals surface area contributed by atoms with Gasteiger partial charge in [-0.25, -0.2) is 0 Å². The molecule has 1 aliphatic carbocycles. The molecule has 0 atom stereocenters. The molecule has 6 rings (SSSR count). The third-order valence-corrected chi connectivity index (χ3v) is 9.08. The first kappa shape index (κ1) is 39.8. The van der Waals surface area contributed by atoms with Gasteiger partial charge in [0.2, 0.25) is 0 Å². The number of amides is 1. The number of nitrogens with one attached hydrogen (secondary N) is 1. The van der Waals surface area contributed by atoms with E-state index in [-0.39, 0.29) is 58.4 Å². The van der Waals surface area contributed by atoms with E-state index in [2.05, 4.69) is 115 Å². The van der Waals surface area contributed by atoms with Crippen LogP contribution in [-0.2, 0) is 26.5 Å². The monoisotopic (exact) mass is 675 g/mol. The molecule has 1 amide bonds. The zero-order chi connectivity index (χ0) is 28.5. The van der Waals surface area contributed by atoms with Crippen molar-refractivity contribution in [2.45, 2.75) is 70.6 Å². The molecule has 0 heterocycles. The normalized spacial score (nSPS) is 13.9. The number of fused-ring (bicyclic) bond motifs is 3. The molecule has 0 saturated heterocycles. The summed E-state index contributed by atoms with van der Waals surface area (Å²) in [6, 6.07) is 40.4. The summed E-state index contributed by atoms with van der Waals surface area (Å²) >= 11 is 0. The summed E-state index contributed by atoms with van der Waals surface area (Å²) < 4.78 is 0. The Kier molecular flexibility index (Phi) is 20.9. The van der Waals surface area contributed by atoms with Crippen molar-refractivity contribution in [3.05, 3.63) is 121 Å². The van der Waals surface area contributed by atoms with E-state index in [0.29, 0.717) is 0 Å². The average molecular weight is 677 g/mol. The topological polar surface area (TPSA) is 40.9 Å². The Morgan fingerprint density at radius 2 is 0.886 bits per heavy atom. The maximum atomic E-state index is 11.1. The van der Waals surface area contributed by atoms with E-state index in [1.807, 2.05) is 0 Å². The van der Waals surface area contributed by atoms with Crippen LogP contribution in [0.2, 0.25) is 0 Å². The Labute approximate surface area is 294 Å². The van der Waals surface area contributed by atoms with Crippen molar-refractivity contribution in [3.63, 3.8) is 0 Å². The molecule has 2 nitrogen and oxygen atoms in total. The molecular formula is C38H43Cl2NOSiTi. The number of carbonyl (C=O) groups is 1. The second-order valence-corrected chi connectivity index (χ2v) is 12.4. The Balaban J connectivity index is 0.000000320. The zero-order valence-corrected chi connectivity index (χ0v) is 29.6. The Morgan fingerprint density at radius 3 is 1.27 bits per heavy atom. The standard InChI is InChI=1S/C13H25NO.C13H9.C12H10Si.2ClH.Ti/c14-13(15)12-10-8-6-4-2-1-3-5-7-9-11-12;1-3-7-12-10(5-1)9-11-6-2-4-8-13(11)12;1-3-7-11(8-4-1)13-12-9-5-2-6-10-12;;;/h12H,1-11H2,(H2,14,15);1-9H;1-10H;2*1H;/q;-1;;;;+4/p-3. The molecule has 6 heteroatoms. The first-order valence-corrected chi connectivity index (χ1v) is 16.4. The number of halogens is 2. The van der Waals surface area contributed by atoms with Crippen molar-refractivity contribution >= 4 is 47.3 Å². The van der Waals surface area contributed by atoms with Crippen LogP contribution >= 0.6 is 0 Å². The molecule has 0 unspecified atom stereocenters. The summed E-state index contributed by atoms with van der Waals surface area (Å²) in [7, 11) is 0.777.